The molecule has 0 fully saturated rings. The zero-order valence-electron chi connectivity index (χ0n) is 9.05. The Morgan fingerprint density at radius 1 is 1.41 bits per heavy atom. The minimum Gasteiger partial charge on any atom is -0.465 e. The molecule has 1 aromatic carbocycles. The van der Waals surface area contributed by atoms with Crippen LogP contribution in [0.4, 0.5) is 13.2 Å². The number of nitrogens with zero attached hydrogens (tertiary/aromatic N) is 1. The summed E-state index contributed by atoms with van der Waals surface area (Å²) in [5.41, 5.74) is -2.34. The van der Waals surface area contributed by atoms with Gasteiger partial charge in [-0.1, -0.05) is 6.07 Å². The van der Waals surface area contributed by atoms with Gasteiger partial charge in [-0.05, 0) is 18.6 Å². The molecule has 0 aliphatic carbocycles. The van der Waals surface area contributed by atoms with E-state index in [0.29, 0.717) is 0 Å². The highest BCUT2D eigenvalue weighted by Crippen LogP contribution is 2.36. The third kappa shape index (κ3) is 2.38. The van der Waals surface area contributed by atoms with Gasteiger partial charge in [0.15, 0.2) is 0 Å². The maximum Gasteiger partial charge on any atom is 0.417 e. The number of rotatable bonds is 1. The fourth-order valence-corrected chi connectivity index (χ4v) is 1.48. The average molecular weight is 243 g/mol. The molecule has 0 atom stereocenters. The van der Waals surface area contributed by atoms with Crippen LogP contribution < -0.4 is 0 Å². The molecular weight excluding hydrogens is 235 g/mol. The minimum atomic E-state index is -4.71. The highest BCUT2D eigenvalue weighted by atomic mass is 19.4. The molecule has 90 valence electrons. The van der Waals surface area contributed by atoms with Crippen LogP contribution in [0, 0.1) is 18.3 Å². The van der Waals surface area contributed by atoms with Crippen LogP contribution in [-0.4, -0.2) is 13.1 Å². The molecule has 0 spiro atoms. The molecule has 0 N–H and O–H groups in total. The summed E-state index contributed by atoms with van der Waals surface area (Å²) in [6.07, 6.45) is -4.71. The molecule has 0 bridgehead atoms. The van der Waals surface area contributed by atoms with Gasteiger partial charge in [0.05, 0.1) is 23.8 Å². The van der Waals surface area contributed by atoms with Gasteiger partial charge in [0.25, 0.3) is 0 Å². The first-order chi connectivity index (χ1) is 7.82. The summed E-state index contributed by atoms with van der Waals surface area (Å²) < 4.78 is 42.7. The Balaban J connectivity index is 3.67. The lowest BCUT2D eigenvalue weighted by Gasteiger charge is -2.15. The van der Waals surface area contributed by atoms with Crippen molar-refractivity contribution in [2.24, 2.45) is 0 Å². The van der Waals surface area contributed by atoms with Crippen molar-refractivity contribution in [3.8, 4) is 6.07 Å². The Kier molecular flexibility index (Phi) is 3.42. The molecule has 0 aromatic heterocycles. The predicted octanol–water partition coefficient (Wildman–Crippen LogP) is 2.67. The number of carbonyl (C=O) groups is 1. The SMILES string of the molecule is COC(=O)c1c(C#N)ccc(C)c1C(F)(F)F. The zero-order valence-corrected chi connectivity index (χ0v) is 9.05. The number of methoxy groups -OCH3 is 1. The molecule has 3 nitrogen and oxygen atoms in total. The molecule has 0 unspecified atom stereocenters. The summed E-state index contributed by atoms with van der Waals surface area (Å²) in [5, 5.41) is 8.72. The maximum atomic E-state index is 12.8. The van der Waals surface area contributed by atoms with Crippen LogP contribution in [-0.2, 0) is 10.9 Å². The van der Waals surface area contributed by atoms with Gasteiger partial charge >= 0.3 is 12.1 Å². The molecule has 0 radical (unpaired) electrons. The second-order valence-electron chi connectivity index (χ2n) is 3.28. The average Bonchev–Trinajstić information content (AvgIpc) is 2.25. The van der Waals surface area contributed by atoms with Crippen LogP contribution >= 0.6 is 0 Å². The largest absolute Gasteiger partial charge is 0.465 e. The number of hydrogen-bond acceptors (Lipinski definition) is 3. The van der Waals surface area contributed by atoms with Crippen molar-refractivity contribution in [1.29, 1.82) is 5.26 Å². The van der Waals surface area contributed by atoms with E-state index < -0.39 is 23.3 Å². The first-order valence-electron chi connectivity index (χ1n) is 4.52. The van der Waals surface area contributed by atoms with Crippen molar-refractivity contribution >= 4 is 5.97 Å². The molecule has 0 heterocycles. The quantitative estimate of drug-likeness (QED) is 0.712. The zero-order chi connectivity index (χ0) is 13.2. The number of esters is 1. The summed E-state index contributed by atoms with van der Waals surface area (Å²) in [6.45, 7) is 1.22. The summed E-state index contributed by atoms with van der Waals surface area (Å²) in [7, 11) is 0.964. The van der Waals surface area contributed by atoms with E-state index in [0.717, 1.165) is 19.2 Å². The molecule has 0 saturated carbocycles. The Bertz CT molecular complexity index is 501. The molecule has 1 aromatic rings. The van der Waals surface area contributed by atoms with Gasteiger partial charge < -0.3 is 4.74 Å². The lowest BCUT2D eigenvalue weighted by molar-refractivity contribution is -0.138. The topological polar surface area (TPSA) is 50.1 Å². The molecule has 17 heavy (non-hydrogen) atoms. The van der Waals surface area contributed by atoms with E-state index in [4.69, 9.17) is 5.26 Å². The Morgan fingerprint density at radius 2 is 2.00 bits per heavy atom. The van der Waals surface area contributed by atoms with Crippen LogP contribution in [0.5, 0.6) is 0 Å². The summed E-state index contributed by atoms with van der Waals surface area (Å²) in [6, 6.07) is 3.86. The fraction of sp³-hybridized carbons (Fsp3) is 0.273. The van der Waals surface area contributed by atoms with Gasteiger partial charge in [0.1, 0.15) is 6.07 Å². The predicted molar refractivity (Wildman–Crippen MR) is 52.2 cm³/mol. The third-order valence-electron chi connectivity index (χ3n) is 2.21. The fourth-order valence-electron chi connectivity index (χ4n) is 1.48. The standard InChI is InChI=1S/C11H8F3NO2/c1-6-3-4-7(5-15)8(10(16)17-2)9(6)11(12,13)14/h3-4H,1-2H3. The molecular formula is C11H8F3NO2. The number of aryl methyl sites for hydroxylation is 1. The Hall–Kier alpha value is -2.03. The summed E-state index contributed by atoms with van der Waals surface area (Å²) in [4.78, 5) is 11.3. The van der Waals surface area contributed by atoms with Crippen molar-refractivity contribution in [2.45, 2.75) is 13.1 Å². The second-order valence-corrected chi connectivity index (χ2v) is 3.28. The van der Waals surface area contributed by atoms with Gasteiger partial charge in [-0.25, -0.2) is 4.79 Å². The lowest BCUT2D eigenvalue weighted by atomic mass is 9.96. The van der Waals surface area contributed by atoms with E-state index in [1.165, 1.54) is 6.92 Å². The van der Waals surface area contributed by atoms with Crippen LogP contribution in [0.15, 0.2) is 12.1 Å². The van der Waals surface area contributed by atoms with Gasteiger partial charge in [-0.2, -0.15) is 18.4 Å². The van der Waals surface area contributed by atoms with Crippen LogP contribution in [0.3, 0.4) is 0 Å². The number of hydrogen-bond donors (Lipinski definition) is 0. The first-order valence-corrected chi connectivity index (χ1v) is 4.52. The van der Waals surface area contributed by atoms with Crippen LogP contribution in [0.1, 0.15) is 27.0 Å². The smallest absolute Gasteiger partial charge is 0.417 e. The highest BCUT2D eigenvalue weighted by molar-refractivity contribution is 5.94. The van der Waals surface area contributed by atoms with Crippen molar-refractivity contribution in [3.05, 3.63) is 34.4 Å². The minimum absolute atomic E-state index is 0.128. The molecule has 6 heteroatoms. The lowest BCUT2D eigenvalue weighted by Crippen LogP contribution is -2.17. The monoisotopic (exact) mass is 243 g/mol. The van der Waals surface area contributed by atoms with Gasteiger partial charge in [-0.3, -0.25) is 0 Å². The molecule has 0 aliphatic rings. The first kappa shape index (κ1) is 13.0. The summed E-state index contributed by atoms with van der Waals surface area (Å²) >= 11 is 0. The van der Waals surface area contributed by atoms with Gasteiger partial charge in [0, 0.05) is 0 Å². The Morgan fingerprint density at radius 3 is 2.41 bits per heavy atom. The van der Waals surface area contributed by atoms with E-state index in [1.54, 1.807) is 6.07 Å². The molecule has 0 amide bonds. The van der Waals surface area contributed by atoms with Crippen LogP contribution in [0.2, 0.25) is 0 Å². The normalized spacial score (nSPS) is 10.8. The van der Waals surface area contributed by atoms with Crippen molar-refractivity contribution in [3.63, 3.8) is 0 Å². The van der Waals surface area contributed by atoms with Crippen molar-refractivity contribution < 1.29 is 22.7 Å². The number of benzene rings is 1. The summed E-state index contributed by atoms with van der Waals surface area (Å²) in [5.74, 6) is -1.17. The van der Waals surface area contributed by atoms with E-state index in [9.17, 15) is 18.0 Å². The molecule has 0 saturated heterocycles. The second kappa shape index (κ2) is 4.45. The van der Waals surface area contributed by atoms with E-state index >= 15 is 0 Å². The highest BCUT2D eigenvalue weighted by Gasteiger charge is 2.38. The third-order valence-corrected chi connectivity index (χ3v) is 2.21. The molecule has 0 aliphatic heterocycles. The number of carbonyl (C=O) groups excluding carboxylic acids is 1. The number of nitriles is 1. The Labute approximate surface area is 95.4 Å². The van der Waals surface area contributed by atoms with Gasteiger partial charge in [-0.15, -0.1) is 0 Å². The van der Waals surface area contributed by atoms with E-state index in [1.807, 2.05) is 0 Å². The van der Waals surface area contributed by atoms with Crippen molar-refractivity contribution in [2.75, 3.05) is 7.11 Å². The van der Waals surface area contributed by atoms with E-state index in [2.05, 4.69) is 4.74 Å². The number of halogens is 3. The maximum absolute atomic E-state index is 12.8. The number of alkyl halides is 3. The van der Waals surface area contributed by atoms with Gasteiger partial charge in [0.2, 0.25) is 0 Å². The van der Waals surface area contributed by atoms with Crippen molar-refractivity contribution in [1.82, 2.24) is 0 Å². The number of ether oxygens (including phenoxy) is 1. The van der Waals surface area contributed by atoms with Crippen LogP contribution in [0.25, 0.3) is 0 Å². The van der Waals surface area contributed by atoms with E-state index in [-0.39, 0.29) is 11.1 Å². The molecule has 1 rings (SSSR count).